The number of hydrogen-bond donors (Lipinski definition) is 2. The molecule has 0 spiro atoms. The van der Waals surface area contributed by atoms with Crippen molar-refractivity contribution in [3.05, 3.63) is 11.8 Å². The number of fused-ring (bicyclic) bond motifs is 1. The summed E-state index contributed by atoms with van der Waals surface area (Å²) in [4.78, 5) is 10.9. The molecule has 2 rings (SSSR count). The van der Waals surface area contributed by atoms with Gasteiger partial charge in [0, 0.05) is 12.1 Å². The van der Waals surface area contributed by atoms with Crippen LogP contribution in [0.1, 0.15) is 29.9 Å². The van der Waals surface area contributed by atoms with Crippen LogP contribution in [0.3, 0.4) is 0 Å². The number of hydrogen-bond acceptors (Lipinski definition) is 3. The fraction of sp³-hybridized carbons (Fsp3) is 0.556. The molecule has 0 radical (unpaired) electrons. The van der Waals surface area contributed by atoms with Crippen molar-refractivity contribution in [3.8, 4) is 0 Å². The molecule has 0 aromatic carbocycles. The van der Waals surface area contributed by atoms with E-state index in [4.69, 9.17) is 5.73 Å². The Labute approximate surface area is 94.8 Å². The van der Waals surface area contributed by atoms with Crippen LogP contribution in [-0.2, 0) is 0 Å². The zero-order chi connectivity index (χ0) is 12.8. The summed E-state index contributed by atoms with van der Waals surface area (Å²) in [6.45, 7) is 1.64. The predicted octanol–water partition coefficient (Wildman–Crippen LogP) is 1.29. The Morgan fingerprint density at radius 3 is 2.82 bits per heavy atom. The third-order valence-electron chi connectivity index (χ3n) is 2.63. The Bertz CT molecular complexity index is 454. The van der Waals surface area contributed by atoms with Gasteiger partial charge >= 0.3 is 6.18 Å². The van der Waals surface area contributed by atoms with E-state index in [0.29, 0.717) is 0 Å². The van der Waals surface area contributed by atoms with Crippen LogP contribution in [0.5, 0.6) is 0 Å². The second-order valence-corrected chi connectivity index (χ2v) is 4.06. The highest BCUT2D eigenvalue weighted by Gasteiger charge is 2.45. The van der Waals surface area contributed by atoms with E-state index in [-0.39, 0.29) is 24.0 Å². The quantitative estimate of drug-likeness (QED) is 0.786. The lowest BCUT2D eigenvalue weighted by Crippen LogP contribution is -2.37. The fourth-order valence-corrected chi connectivity index (χ4v) is 1.88. The molecule has 8 heteroatoms. The van der Waals surface area contributed by atoms with Crippen LogP contribution in [0.15, 0.2) is 6.07 Å². The molecular formula is C9H11F3N4O. The minimum Gasteiger partial charge on any atom is -0.368 e. The Balaban J connectivity index is 2.45. The van der Waals surface area contributed by atoms with E-state index in [1.165, 1.54) is 6.07 Å². The summed E-state index contributed by atoms with van der Waals surface area (Å²) in [7, 11) is 0. The average molecular weight is 248 g/mol. The molecule has 0 fully saturated rings. The van der Waals surface area contributed by atoms with Gasteiger partial charge in [-0.05, 0) is 13.3 Å². The Morgan fingerprint density at radius 1 is 1.65 bits per heavy atom. The summed E-state index contributed by atoms with van der Waals surface area (Å²) in [5.74, 6) is -0.679. The minimum atomic E-state index is -4.40. The zero-order valence-electron chi connectivity index (χ0n) is 8.95. The molecule has 3 N–H and O–H groups in total. The third-order valence-corrected chi connectivity index (χ3v) is 2.63. The lowest BCUT2D eigenvalue weighted by Gasteiger charge is -2.31. The van der Waals surface area contributed by atoms with Gasteiger partial charge in [0.05, 0.1) is 0 Å². The second kappa shape index (κ2) is 3.64. The number of nitrogens with one attached hydrogen (secondary N) is 1. The van der Waals surface area contributed by atoms with Gasteiger partial charge < -0.3 is 11.1 Å². The molecule has 0 bridgehead atoms. The number of rotatable bonds is 1. The molecular weight excluding hydrogens is 237 g/mol. The van der Waals surface area contributed by atoms with Crippen LogP contribution in [0.25, 0.3) is 0 Å². The highest BCUT2D eigenvalue weighted by molar-refractivity contribution is 5.91. The Kier molecular flexibility index (Phi) is 2.52. The van der Waals surface area contributed by atoms with Gasteiger partial charge in [0.2, 0.25) is 0 Å². The Morgan fingerprint density at radius 2 is 2.29 bits per heavy atom. The first-order valence-electron chi connectivity index (χ1n) is 5.01. The lowest BCUT2D eigenvalue weighted by molar-refractivity contribution is -0.173. The summed E-state index contributed by atoms with van der Waals surface area (Å²) < 4.78 is 39.2. The summed E-state index contributed by atoms with van der Waals surface area (Å²) >= 11 is 0. The molecule has 0 saturated heterocycles. The molecule has 0 aliphatic carbocycles. The van der Waals surface area contributed by atoms with Crippen molar-refractivity contribution < 1.29 is 18.0 Å². The van der Waals surface area contributed by atoms with Crippen LogP contribution in [-0.4, -0.2) is 27.9 Å². The fourth-order valence-electron chi connectivity index (χ4n) is 1.88. The van der Waals surface area contributed by atoms with Crippen LogP contribution in [0.2, 0.25) is 0 Å². The molecule has 2 unspecified atom stereocenters. The van der Waals surface area contributed by atoms with Gasteiger partial charge in [0.25, 0.3) is 5.91 Å². The molecule has 2 atom stereocenters. The number of aromatic nitrogens is 2. The third kappa shape index (κ3) is 2.06. The van der Waals surface area contributed by atoms with Crippen molar-refractivity contribution in [2.45, 2.75) is 31.6 Å². The topological polar surface area (TPSA) is 72.9 Å². The van der Waals surface area contributed by atoms with Crippen molar-refractivity contribution in [3.63, 3.8) is 0 Å². The number of alkyl halides is 3. The molecule has 1 amide bonds. The number of amides is 1. The molecule has 1 aromatic rings. The number of anilines is 1. The Hall–Kier alpha value is -1.73. The van der Waals surface area contributed by atoms with E-state index in [9.17, 15) is 18.0 Å². The van der Waals surface area contributed by atoms with Crippen molar-refractivity contribution in [2.24, 2.45) is 5.73 Å². The van der Waals surface area contributed by atoms with Gasteiger partial charge in [-0.15, -0.1) is 0 Å². The van der Waals surface area contributed by atoms with E-state index in [1.807, 2.05) is 0 Å². The first-order chi connectivity index (χ1) is 7.79. The van der Waals surface area contributed by atoms with E-state index in [1.54, 1.807) is 6.92 Å². The van der Waals surface area contributed by atoms with Gasteiger partial charge in [0.1, 0.15) is 5.82 Å². The lowest BCUT2D eigenvalue weighted by atomic mass is 10.1. The van der Waals surface area contributed by atoms with Gasteiger partial charge in [-0.2, -0.15) is 18.3 Å². The standard InChI is InChI=1S/C9H11F3N4O/c1-4-2-6(9(10,11)12)16-7(14-4)3-5(15-16)8(13)17/h3-4,6,14H,2H2,1H3,(H2,13,17). The summed E-state index contributed by atoms with van der Waals surface area (Å²) in [6, 6.07) is -0.829. The molecule has 2 heterocycles. The number of halogens is 3. The molecule has 94 valence electrons. The van der Waals surface area contributed by atoms with Crippen LogP contribution < -0.4 is 11.1 Å². The molecule has 5 nitrogen and oxygen atoms in total. The van der Waals surface area contributed by atoms with E-state index in [2.05, 4.69) is 10.4 Å². The summed E-state index contributed by atoms with van der Waals surface area (Å²) in [6.07, 6.45) is -4.53. The second-order valence-electron chi connectivity index (χ2n) is 4.06. The largest absolute Gasteiger partial charge is 0.410 e. The maximum Gasteiger partial charge on any atom is 0.410 e. The molecule has 1 aromatic heterocycles. The molecule has 17 heavy (non-hydrogen) atoms. The van der Waals surface area contributed by atoms with Gasteiger partial charge in [0.15, 0.2) is 11.7 Å². The number of primary amides is 1. The maximum absolute atomic E-state index is 12.8. The smallest absolute Gasteiger partial charge is 0.368 e. The molecule has 1 aliphatic rings. The van der Waals surface area contributed by atoms with Crippen molar-refractivity contribution in [1.29, 1.82) is 0 Å². The average Bonchev–Trinajstić information content (AvgIpc) is 2.58. The monoisotopic (exact) mass is 248 g/mol. The van der Waals surface area contributed by atoms with E-state index in [0.717, 1.165) is 4.68 Å². The van der Waals surface area contributed by atoms with Crippen LogP contribution in [0, 0.1) is 0 Å². The van der Waals surface area contributed by atoms with E-state index < -0.39 is 18.1 Å². The van der Waals surface area contributed by atoms with Gasteiger partial charge in [-0.1, -0.05) is 0 Å². The summed E-state index contributed by atoms with van der Waals surface area (Å²) in [5.41, 5.74) is 4.82. The number of carbonyl (C=O) groups is 1. The van der Waals surface area contributed by atoms with E-state index >= 15 is 0 Å². The number of nitrogens with zero attached hydrogens (tertiary/aromatic N) is 2. The predicted molar refractivity (Wildman–Crippen MR) is 53.5 cm³/mol. The minimum absolute atomic E-state index is 0.129. The first kappa shape index (κ1) is 11.7. The number of nitrogens with two attached hydrogens (primary N) is 1. The summed E-state index contributed by atoms with van der Waals surface area (Å²) in [5, 5.41) is 6.42. The maximum atomic E-state index is 12.8. The van der Waals surface area contributed by atoms with Crippen molar-refractivity contribution in [2.75, 3.05) is 5.32 Å². The van der Waals surface area contributed by atoms with Gasteiger partial charge in [-0.3, -0.25) is 4.79 Å². The van der Waals surface area contributed by atoms with Crippen molar-refractivity contribution in [1.82, 2.24) is 9.78 Å². The van der Waals surface area contributed by atoms with Crippen LogP contribution >= 0.6 is 0 Å². The molecule has 1 aliphatic heterocycles. The van der Waals surface area contributed by atoms with Gasteiger partial charge in [-0.25, -0.2) is 4.68 Å². The number of carbonyl (C=O) groups excluding carboxylic acids is 1. The zero-order valence-corrected chi connectivity index (χ0v) is 8.95. The first-order valence-corrected chi connectivity index (χ1v) is 5.01. The van der Waals surface area contributed by atoms with Crippen LogP contribution in [0.4, 0.5) is 19.0 Å². The van der Waals surface area contributed by atoms with Crippen molar-refractivity contribution >= 4 is 11.7 Å². The SMILES string of the molecule is CC1CC(C(F)(F)F)n2nc(C(N)=O)cc2N1. The molecule has 0 saturated carbocycles. The highest BCUT2D eigenvalue weighted by Crippen LogP contribution is 2.39. The highest BCUT2D eigenvalue weighted by atomic mass is 19.4. The normalized spacial score (nSPS) is 24.0.